The molecule has 1 unspecified atom stereocenters. The van der Waals surface area contributed by atoms with Crippen LogP contribution in [-0.2, 0) is 32.1 Å². The molecule has 2 aromatic rings. The molecular formula is C35H43ClFN5O5. The Morgan fingerprint density at radius 2 is 1.83 bits per heavy atom. The fourth-order valence-corrected chi connectivity index (χ4v) is 5.91. The minimum absolute atomic E-state index is 0.0304. The molecule has 1 saturated heterocycles. The number of hydrogen-bond acceptors (Lipinski definition) is 6. The molecule has 0 bridgehead atoms. The van der Waals surface area contributed by atoms with Gasteiger partial charge in [-0.1, -0.05) is 61.9 Å². The summed E-state index contributed by atoms with van der Waals surface area (Å²) in [5.74, 6) is -3.41. The Kier molecular flexibility index (Phi) is 14.4. The molecule has 0 aromatic heterocycles. The number of aliphatic hydroxyl groups excluding tert-OH is 1. The molecule has 0 spiro atoms. The molecular weight excluding hydrogens is 625 g/mol. The number of hydrogen-bond donors (Lipinski definition) is 4. The van der Waals surface area contributed by atoms with Crippen LogP contribution in [-0.4, -0.2) is 58.9 Å². The van der Waals surface area contributed by atoms with E-state index in [4.69, 9.17) is 17.3 Å². The van der Waals surface area contributed by atoms with E-state index in [0.717, 1.165) is 0 Å². The third-order valence-electron chi connectivity index (χ3n) is 8.10. The molecule has 0 aliphatic carbocycles. The van der Waals surface area contributed by atoms with E-state index >= 15 is 0 Å². The number of halogens is 2. The molecule has 5 N–H and O–H groups in total. The Morgan fingerprint density at radius 3 is 2.45 bits per heavy atom. The zero-order chi connectivity index (χ0) is 34.5. The summed E-state index contributed by atoms with van der Waals surface area (Å²) in [4.78, 5) is 53.3. The number of nitriles is 1. The molecule has 1 fully saturated rings. The summed E-state index contributed by atoms with van der Waals surface area (Å²) in [6, 6.07) is 13.8. The molecule has 1 aliphatic heterocycles. The number of likely N-dealkylation sites (tertiary alicyclic amines) is 1. The zero-order valence-electron chi connectivity index (χ0n) is 26.8. The summed E-state index contributed by atoms with van der Waals surface area (Å²) < 4.78 is 14.0. The van der Waals surface area contributed by atoms with Crippen molar-refractivity contribution in [2.75, 3.05) is 13.1 Å². The highest BCUT2D eigenvalue weighted by Gasteiger charge is 2.32. The Morgan fingerprint density at radius 1 is 1.13 bits per heavy atom. The van der Waals surface area contributed by atoms with Gasteiger partial charge in [0.15, 0.2) is 0 Å². The standard InChI is InChI=1S/C35H43ClFN5O5/c1-22(2)14-27(20-38)35(47)42-12-10-23(11-13-42)17-31(34(46)40-21-25-7-3-4-9-30(25)36)41-33(45)26(18-29(43)19-32(39)44)15-24-6-5-8-28(37)16-24/h3-9,14,16,22-23,26,29,31,43H,10-13,15,17-19,21H2,1-2H3,(H2,39,44)(H,40,46)(H,41,45)/t26-,29?,31-/m0/s1. The predicted octanol–water partition coefficient (Wildman–Crippen LogP) is 3.80. The number of amides is 4. The van der Waals surface area contributed by atoms with Gasteiger partial charge in [0, 0.05) is 30.6 Å². The van der Waals surface area contributed by atoms with Crippen LogP contribution in [0.15, 0.2) is 60.2 Å². The van der Waals surface area contributed by atoms with Crippen LogP contribution >= 0.6 is 11.6 Å². The fraction of sp³-hybridized carbons (Fsp3) is 0.457. The van der Waals surface area contributed by atoms with Crippen LogP contribution in [0.25, 0.3) is 0 Å². The van der Waals surface area contributed by atoms with Crippen molar-refractivity contribution in [3.05, 3.63) is 82.1 Å². The van der Waals surface area contributed by atoms with Gasteiger partial charge in [-0.05, 0) is 73.3 Å². The molecule has 1 heterocycles. The van der Waals surface area contributed by atoms with E-state index in [1.165, 1.54) is 18.2 Å². The van der Waals surface area contributed by atoms with Crippen LogP contribution in [0.4, 0.5) is 4.39 Å². The quantitative estimate of drug-likeness (QED) is 0.167. The Labute approximate surface area is 280 Å². The molecule has 12 heteroatoms. The largest absolute Gasteiger partial charge is 0.393 e. The molecule has 4 amide bonds. The van der Waals surface area contributed by atoms with Crippen LogP contribution < -0.4 is 16.4 Å². The maximum atomic E-state index is 14.0. The van der Waals surface area contributed by atoms with Crippen molar-refractivity contribution in [1.29, 1.82) is 5.26 Å². The molecule has 3 rings (SSSR count). The van der Waals surface area contributed by atoms with Crippen LogP contribution in [0.1, 0.15) is 57.1 Å². The highest BCUT2D eigenvalue weighted by atomic mass is 35.5. The van der Waals surface area contributed by atoms with Gasteiger partial charge in [0.2, 0.25) is 17.7 Å². The van der Waals surface area contributed by atoms with Gasteiger partial charge in [0.25, 0.3) is 5.91 Å². The van der Waals surface area contributed by atoms with Crippen molar-refractivity contribution >= 4 is 35.2 Å². The molecule has 2 aromatic carbocycles. The number of carbonyl (C=O) groups excluding carboxylic acids is 4. The van der Waals surface area contributed by atoms with E-state index in [9.17, 15) is 33.9 Å². The highest BCUT2D eigenvalue weighted by Crippen LogP contribution is 2.25. The average Bonchev–Trinajstić information content (AvgIpc) is 3.02. The second kappa shape index (κ2) is 18.2. The highest BCUT2D eigenvalue weighted by molar-refractivity contribution is 6.31. The number of rotatable bonds is 15. The molecule has 10 nitrogen and oxygen atoms in total. The molecule has 1 aliphatic rings. The Bertz CT molecular complexity index is 1480. The second-order valence-corrected chi connectivity index (χ2v) is 12.8. The summed E-state index contributed by atoms with van der Waals surface area (Å²) in [6.45, 7) is 4.70. The van der Waals surface area contributed by atoms with E-state index in [-0.39, 0.29) is 55.5 Å². The van der Waals surface area contributed by atoms with Gasteiger partial charge in [-0.15, -0.1) is 0 Å². The van der Waals surface area contributed by atoms with Crippen molar-refractivity contribution in [2.45, 2.75) is 71.1 Å². The lowest BCUT2D eigenvalue weighted by molar-refractivity contribution is -0.133. The SMILES string of the molecule is CC(C)C=C(C#N)C(=O)N1CCC(C[C@H](NC(=O)[C@@H](Cc2cccc(F)c2)CC(O)CC(N)=O)C(=O)NCc2ccccc2Cl)CC1. The number of primary amides is 1. The van der Waals surface area contributed by atoms with Crippen molar-refractivity contribution in [2.24, 2.45) is 23.5 Å². The summed E-state index contributed by atoms with van der Waals surface area (Å²) in [5.41, 5.74) is 6.56. The number of allylic oxidation sites excluding steroid dienone is 1. The fourth-order valence-electron chi connectivity index (χ4n) is 5.71. The number of benzene rings is 2. The van der Waals surface area contributed by atoms with Gasteiger partial charge in [0.1, 0.15) is 23.5 Å². The molecule has 47 heavy (non-hydrogen) atoms. The predicted molar refractivity (Wildman–Crippen MR) is 176 cm³/mol. The van der Waals surface area contributed by atoms with Gasteiger partial charge in [-0.2, -0.15) is 5.26 Å². The molecule has 0 radical (unpaired) electrons. The van der Waals surface area contributed by atoms with Gasteiger partial charge < -0.3 is 26.4 Å². The Hall–Kier alpha value is -4.27. The van der Waals surface area contributed by atoms with Gasteiger partial charge in [-0.25, -0.2) is 4.39 Å². The monoisotopic (exact) mass is 667 g/mol. The minimum Gasteiger partial charge on any atom is -0.393 e. The number of aliphatic hydroxyl groups is 1. The van der Waals surface area contributed by atoms with Crippen molar-refractivity contribution in [3.8, 4) is 6.07 Å². The van der Waals surface area contributed by atoms with Gasteiger partial charge in [-0.3, -0.25) is 19.2 Å². The van der Waals surface area contributed by atoms with E-state index < -0.39 is 41.6 Å². The van der Waals surface area contributed by atoms with E-state index in [1.54, 1.807) is 41.3 Å². The number of piperidine rings is 1. The lowest BCUT2D eigenvalue weighted by atomic mass is 9.88. The number of nitrogens with two attached hydrogens (primary N) is 1. The first-order chi connectivity index (χ1) is 22.4. The van der Waals surface area contributed by atoms with Crippen molar-refractivity contribution in [3.63, 3.8) is 0 Å². The Balaban J connectivity index is 1.78. The van der Waals surface area contributed by atoms with E-state index in [0.29, 0.717) is 42.1 Å². The van der Waals surface area contributed by atoms with Gasteiger partial charge >= 0.3 is 0 Å². The maximum Gasteiger partial charge on any atom is 0.264 e. The maximum absolute atomic E-state index is 14.0. The first kappa shape index (κ1) is 37.2. The van der Waals surface area contributed by atoms with E-state index in [2.05, 4.69) is 10.6 Å². The first-order valence-electron chi connectivity index (χ1n) is 15.8. The lowest BCUT2D eigenvalue weighted by Crippen LogP contribution is -2.50. The molecule has 3 atom stereocenters. The normalized spacial score (nSPS) is 15.8. The topological polar surface area (TPSA) is 166 Å². The van der Waals surface area contributed by atoms with Crippen LogP contribution in [0.5, 0.6) is 0 Å². The molecule has 0 saturated carbocycles. The number of carbonyl (C=O) groups is 4. The summed E-state index contributed by atoms with van der Waals surface area (Å²) in [5, 5.41) is 26.2. The van der Waals surface area contributed by atoms with Gasteiger partial charge in [0.05, 0.1) is 12.5 Å². The van der Waals surface area contributed by atoms with Crippen LogP contribution in [0.2, 0.25) is 5.02 Å². The average molecular weight is 668 g/mol. The lowest BCUT2D eigenvalue weighted by Gasteiger charge is -2.34. The number of nitrogens with one attached hydrogen (secondary N) is 2. The van der Waals surface area contributed by atoms with Crippen molar-refractivity contribution < 1.29 is 28.7 Å². The third-order valence-corrected chi connectivity index (χ3v) is 8.47. The van der Waals surface area contributed by atoms with Crippen molar-refractivity contribution in [1.82, 2.24) is 15.5 Å². The minimum atomic E-state index is -1.21. The van der Waals surface area contributed by atoms with Crippen LogP contribution in [0.3, 0.4) is 0 Å². The zero-order valence-corrected chi connectivity index (χ0v) is 27.5. The van der Waals surface area contributed by atoms with E-state index in [1.807, 2.05) is 19.9 Å². The molecule has 252 valence electrons. The smallest absolute Gasteiger partial charge is 0.264 e. The third kappa shape index (κ3) is 12.1. The summed E-state index contributed by atoms with van der Waals surface area (Å²) in [7, 11) is 0. The first-order valence-corrected chi connectivity index (χ1v) is 16.2. The second-order valence-electron chi connectivity index (χ2n) is 12.4. The number of nitrogens with zero attached hydrogens (tertiary/aromatic N) is 2. The summed E-state index contributed by atoms with van der Waals surface area (Å²) >= 11 is 6.28. The van der Waals surface area contributed by atoms with Crippen LogP contribution in [0, 0.1) is 34.9 Å². The summed E-state index contributed by atoms with van der Waals surface area (Å²) in [6.07, 6.45) is 1.38.